The Bertz CT molecular complexity index is 603. The first-order chi connectivity index (χ1) is 9.28. The van der Waals surface area contributed by atoms with Gasteiger partial charge in [-0.2, -0.15) is 8.42 Å². The summed E-state index contributed by atoms with van der Waals surface area (Å²) in [6.07, 6.45) is 1.43. The zero-order chi connectivity index (χ0) is 15.3. The van der Waals surface area contributed by atoms with Gasteiger partial charge in [-0.05, 0) is 11.6 Å². The third-order valence-electron chi connectivity index (χ3n) is 2.91. The molecule has 1 aromatic carbocycles. The highest BCUT2D eigenvalue weighted by atomic mass is 32.2. The van der Waals surface area contributed by atoms with Crippen LogP contribution in [-0.2, 0) is 27.5 Å². The van der Waals surface area contributed by atoms with Crippen molar-refractivity contribution in [3.05, 3.63) is 28.8 Å². The molecule has 0 saturated heterocycles. The van der Waals surface area contributed by atoms with Crippen molar-refractivity contribution in [1.29, 1.82) is 0 Å². The van der Waals surface area contributed by atoms with E-state index < -0.39 is 28.4 Å². The molecule has 1 rings (SSSR count). The molecule has 0 unspecified atom stereocenters. The Labute approximate surface area is 120 Å². The second-order valence-corrected chi connectivity index (χ2v) is 5.92. The van der Waals surface area contributed by atoms with E-state index in [0.717, 1.165) is 17.4 Å². The average Bonchev–Trinajstić information content (AvgIpc) is 2.37. The van der Waals surface area contributed by atoms with Crippen molar-refractivity contribution in [2.45, 2.75) is 12.6 Å². The van der Waals surface area contributed by atoms with Crippen LogP contribution in [0.4, 0.5) is 5.69 Å². The van der Waals surface area contributed by atoms with Gasteiger partial charge in [0, 0.05) is 5.69 Å². The maximum absolute atomic E-state index is 11.9. The van der Waals surface area contributed by atoms with Gasteiger partial charge >= 0.3 is 5.97 Å². The largest absolute Gasteiger partial charge is 0.461 e. The van der Waals surface area contributed by atoms with Crippen molar-refractivity contribution in [1.82, 2.24) is 0 Å². The Morgan fingerprint density at radius 3 is 2.45 bits per heavy atom. The van der Waals surface area contributed by atoms with Gasteiger partial charge in [0.2, 0.25) is 0 Å². The third kappa shape index (κ3) is 4.57. The van der Waals surface area contributed by atoms with Crippen LogP contribution in [0.5, 0.6) is 0 Å². The molecule has 0 heterocycles. The summed E-state index contributed by atoms with van der Waals surface area (Å²) in [4.78, 5) is 11.9. The Morgan fingerprint density at radius 1 is 1.30 bits per heavy atom. The van der Waals surface area contributed by atoms with E-state index in [2.05, 4.69) is 0 Å². The van der Waals surface area contributed by atoms with Crippen molar-refractivity contribution in [3.63, 3.8) is 0 Å². The van der Waals surface area contributed by atoms with Crippen LogP contribution in [0, 0.1) is 0 Å². The molecular formula is C11H17B2NO5S. The number of nitrogens with two attached hydrogens (primary N) is 1. The Hall–Kier alpha value is -1.47. The first-order valence-corrected chi connectivity index (χ1v) is 7.93. The summed E-state index contributed by atoms with van der Waals surface area (Å²) in [5.41, 5.74) is 8.30. The lowest BCUT2D eigenvalue weighted by Gasteiger charge is -2.12. The third-order valence-corrected chi connectivity index (χ3v) is 3.59. The number of esters is 1. The summed E-state index contributed by atoms with van der Waals surface area (Å²) in [6.45, 7) is -0.408. The van der Waals surface area contributed by atoms with E-state index in [0.29, 0.717) is 12.0 Å². The van der Waals surface area contributed by atoms with E-state index in [9.17, 15) is 13.2 Å². The fourth-order valence-corrected chi connectivity index (χ4v) is 2.06. The quantitative estimate of drug-likeness (QED) is 0.289. The predicted molar refractivity (Wildman–Crippen MR) is 82.0 cm³/mol. The van der Waals surface area contributed by atoms with Gasteiger partial charge in [-0.25, -0.2) is 4.79 Å². The molecule has 0 spiro atoms. The minimum absolute atomic E-state index is 0.233. The second kappa shape index (κ2) is 6.81. The molecule has 0 aliphatic carbocycles. The first kappa shape index (κ1) is 16.6. The summed E-state index contributed by atoms with van der Waals surface area (Å²) >= 11 is 0. The van der Waals surface area contributed by atoms with Gasteiger partial charge in [0.25, 0.3) is 10.1 Å². The Balaban J connectivity index is 2.92. The van der Waals surface area contributed by atoms with Gasteiger partial charge in [-0.15, -0.1) is 0 Å². The summed E-state index contributed by atoms with van der Waals surface area (Å²) in [5.74, 6) is -1.32. The lowest BCUT2D eigenvalue weighted by molar-refractivity contribution is 0.0529. The number of carbonyl (C=O) groups excluding carboxylic acids is 1. The number of hydrogen-bond acceptors (Lipinski definition) is 5. The maximum atomic E-state index is 11.9. The Morgan fingerprint density at radius 2 is 1.95 bits per heavy atom. The number of anilines is 1. The molecule has 6 nitrogen and oxygen atoms in total. The van der Waals surface area contributed by atoms with Gasteiger partial charge in [-0.1, -0.05) is 24.3 Å². The van der Waals surface area contributed by atoms with Crippen LogP contribution >= 0.6 is 0 Å². The van der Waals surface area contributed by atoms with Crippen molar-refractivity contribution >= 4 is 37.5 Å². The molecule has 0 aromatic heterocycles. The average molecular weight is 297 g/mol. The van der Waals surface area contributed by atoms with Crippen LogP contribution in [0.15, 0.2) is 12.1 Å². The molecule has 0 aliphatic rings. The predicted octanol–water partition coefficient (Wildman–Crippen LogP) is -1.42. The Kier molecular flexibility index (Phi) is 5.64. The van der Waals surface area contributed by atoms with Crippen molar-refractivity contribution in [2.24, 2.45) is 0 Å². The van der Waals surface area contributed by atoms with E-state index in [1.54, 1.807) is 6.07 Å². The van der Waals surface area contributed by atoms with Crippen LogP contribution in [0.3, 0.4) is 0 Å². The molecule has 0 aliphatic heterocycles. The SMILES string of the molecule is BCc1cc(CB)c(N)c(C(=O)OCCS(=O)(=O)O)c1. The molecule has 108 valence electrons. The van der Waals surface area contributed by atoms with Crippen molar-refractivity contribution < 1.29 is 22.5 Å². The minimum Gasteiger partial charge on any atom is -0.461 e. The highest BCUT2D eigenvalue weighted by Gasteiger charge is 2.16. The normalized spacial score (nSPS) is 11.2. The molecule has 0 radical (unpaired) electrons. The van der Waals surface area contributed by atoms with Crippen LogP contribution in [0.1, 0.15) is 21.5 Å². The van der Waals surface area contributed by atoms with E-state index in [-0.39, 0.29) is 5.56 Å². The standard InChI is InChI=1S/C11H17B2NO5S/c12-5-7-3-8(6-13)10(14)9(4-7)11(15)19-1-2-20(16,17)18/h3-4H,1-2,5-6,12-14H2,(H,16,17,18). The van der Waals surface area contributed by atoms with E-state index >= 15 is 0 Å². The van der Waals surface area contributed by atoms with E-state index in [1.165, 1.54) is 0 Å². The van der Waals surface area contributed by atoms with Crippen LogP contribution < -0.4 is 5.73 Å². The summed E-state index contributed by atoms with van der Waals surface area (Å²) in [7, 11) is -0.260. The zero-order valence-electron chi connectivity index (χ0n) is 11.5. The summed E-state index contributed by atoms with van der Waals surface area (Å²) in [5, 5.41) is 0. The van der Waals surface area contributed by atoms with Gasteiger partial charge in [0.05, 0.1) is 5.56 Å². The topological polar surface area (TPSA) is 107 Å². The summed E-state index contributed by atoms with van der Waals surface area (Å²) in [6, 6.07) is 3.58. The molecule has 1 aromatic rings. The number of benzene rings is 1. The van der Waals surface area contributed by atoms with Crippen LogP contribution in [0.2, 0.25) is 0 Å². The van der Waals surface area contributed by atoms with Gasteiger partial charge in [0.15, 0.2) is 0 Å². The summed E-state index contributed by atoms with van der Waals surface area (Å²) < 4.78 is 34.5. The number of hydrogen-bond donors (Lipinski definition) is 2. The first-order valence-electron chi connectivity index (χ1n) is 6.32. The molecule has 0 bridgehead atoms. The molecule has 9 heteroatoms. The highest BCUT2D eigenvalue weighted by molar-refractivity contribution is 7.85. The minimum atomic E-state index is -4.15. The van der Waals surface area contributed by atoms with Gasteiger partial charge in [0.1, 0.15) is 28.1 Å². The molecule has 0 saturated carbocycles. The number of ether oxygens (including phenoxy) is 1. The van der Waals surface area contributed by atoms with Crippen LogP contribution in [-0.4, -0.2) is 47.0 Å². The van der Waals surface area contributed by atoms with Crippen molar-refractivity contribution in [2.75, 3.05) is 18.1 Å². The lowest BCUT2D eigenvalue weighted by Crippen LogP contribution is -2.16. The fraction of sp³-hybridized carbons (Fsp3) is 0.364. The molecule has 0 amide bonds. The van der Waals surface area contributed by atoms with Crippen LogP contribution in [0.25, 0.3) is 0 Å². The maximum Gasteiger partial charge on any atom is 0.340 e. The second-order valence-electron chi connectivity index (χ2n) is 4.35. The molecule has 3 N–H and O–H groups in total. The number of nitrogen functional groups attached to an aromatic ring is 1. The monoisotopic (exact) mass is 297 g/mol. The fourth-order valence-electron chi connectivity index (χ4n) is 1.76. The molecule has 20 heavy (non-hydrogen) atoms. The highest BCUT2D eigenvalue weighted by Crippen LogP contribution is 2.21. The van der Waals surface area contributed by atoms with Crippen molar-refractivity contribution in [3.8, 4) is 0 Å². The molecule has 0 atom stereocenters. The van der Waals surface area contributed by atoms with Gasteiger partial charge in [-0.3, -0.25) is 4.55 Å². The van der Waals surface area contributed by atoms with E-state index in [1.807, 2.05) is 21.8 Å². The molecule has 0 fully saturated rings. The lowest BCUT2D eigenvalue weighted by atomic mass is 9.88. The zero-order valence-corrected chi connectivity index (χ0v) is 12.4. The molecular weight excluding hydrogens is 280 g/mol. The van der Waals surface area contributed by atoms with E-state index in [4.69, 9.17) is 15.0 Å². The number of rotatable bonds is 6. The smallest absolute Gasteiger partial charge is 0.340 e. The van der Waals surface area contributed by atoms with Gasteiger partial charge < -0.3 is 10.5 Å². The number of carbonyl (C=O) groups is 1.